The largest absolute Gasteiger partial charge is 0.382 e. The van der Waals surface area contributed by atoms with Crippen molar-refractivity contribution in [2.75, 3.05) is 30.7 Å². The Morgan fingerprint density at radius 3 is 2.40 bits per heavy atom. The number of anilines is 1. The second kappa shape index (κ2) is 12.2. The lowest BCUT2D eigenvalue weighted by atomic mass is 9.89. The Morgan fingerprint density at radius 2 is 1.74 bits per heavy atom. The molecular weight excluding hydrogens is 569 g/mol. The summed E-state index contributed by atoms with van der Waals surface area (Å²) in [6, 6.07) is 3.11. The lowest BCUT2D eigenvalue weighted by Crippen LogP contribution is -2.41. The molecule has 4 N–H and O–H groups in total. The van der Waals surface area contributed by atoms with Crippen LogP contribution in [-0.4, -0.2) is 67.2 Å². The minimum Gasteiger partial charge on any atom is -0.382 e. The van der Waals surface area contributed by atoms with Gasteiger partial charge in [-0.3, -0.25) is 9.59 Å². The molecule has 1 fully saturated rings. The first-order valence-corrected chi connectivity index (χ1v) is 17.4. The van der Waals surface area contributed by atoms with Gasteiger partial charge in [-0.2, -0.15) is 0 Å². The van der Waals surface area contributed by atoms with Crippen LogP contribution in [0, 0.1) is 11.2 Å². The van der Waals surface area contributed by atoms with Crippen LogP contribution in [0.2, 0.25) is 0 Å². The van der Waals surface area contributed by atoms with E-state index in [4.69, 9.17) is 5.73 Å². The predicted molar refractivity (Wildman–Crippen MR) is 166 cm³/mol. The van der Waals surface area contributed by atoms with E-state index in [0.29, 0.717) is 47.6 Å². The number of fused-ring (bicyclic) bond motifs is 3. The van der Waals surface area contributed by atoms with Crippen LogP contribution in [0.25, 0.3) is 5.69 Å². The minimum atomic E-state index is -3.49. The first-order valence-electron chi connectivity index (χ1n) is 15.7. The van der Waals surface area contributed by atoms with E-state index >= 15 is 4.39 Å². The van der Waals surface area contributed by atoms with Crippen molar-refractivity contribution in [3.63, 3.8) is 0 Å². The molecule has 0 spiro atoms. The second-order valence-corrected chi connectivity index (χ2v) is 15.2. The monoisotopic (exact) mass is 615 g/mol. The normalized spacial score (nSPS) is 22.2. The first-order chi connectivity index (χ1) is 20.3. The molecule has 2 heterocycles. The summed E-state index contributed by atoms with van der Waals surface area (Å²) in [5, 5.41) is 6.55. The Balaban J connectivity index is 1.38. The highest BCUT2D eigenvalue weighted by Crippen LogP contribution is 2.45. The average molecular weight is 616 g/mol. The van der Waals surface area contributed by atoms with Crippen LogP contribution < -0.4 is 16.4 Å². The molecule has 2 aliphatic carbocycles. The van der Waals surface area contributed by atoms with Crippen molar-refractivity contribution in [3.8, 4) is 5.69 Å². The smallest absolute Gasteiger partial charge is 0.253 e. The zero-order valence-corrected chi connectivity index (χ0v) is 26.7. The molecule has 2 amide bonds. The van der Waals surface area contributed by atoms with E-state index in [9.17, 15) is 18.0 Å². The summed E-state index contributed by atoms with van der Waals surface area (Å²) < 4.78 is 44.5. The molecule has 0 bridgehead atoms. The van der Waals surface area contributed by atoms with Gasteiger partial charge in [-0.1, -0.05) is 27.7 Å². The highest BCUT2D eigenvalue weighted by atomic mass is 32.2. The molecule has 1 aromatic carbocycles. The van der Waals surface area contributed by atoms with E-state index in [1.807, 2.05) is 18.4 Å². The zero-order chi connectivity index (χ0) is 31.1. The van der Waals surface area contributed by atoms with E-state index < -0.39 is 27.0 Å². The van der Waals surface area contributed by atoms with Crippen LogP contribution in [0.15, 0.2) is 17.0 Å². The Hall–Kier alpha value is -2.92. The summed E-state index contributed by atoms with van der Waals surface area (Å²) in [4.78, 5) is 27.6. The SMILES string of the molecule is CCN(CC)CCC(=O)N[C@H]1CC[C@H](Nc2cc(-n3c4c(c5c3CC(C)(C)CS5(=O)=O)CCC4)cc(F)c2C(N)=O)CC1. The van der Waals surface area contributed by atoms with E-state index in [0.717, 1.165) is 63.0 Å². The number of carbonyl (C=O) groups is 2. The molecule has 9 nitrogen and oxygen atoms in total. The van der Waals surface area contributed by atoms with Crippen LogP contribution in [-0.2, 0) is 33.9 Å². The van der Waals surface area contributed by atoms with Gasteiger partial charge in [0, 0.05) is 36.4 Å². The molecule has 43 heavy (non-hydrogen) atoms. The molecular formula is C32H46FN5O4S. The van der Waals surface area contributed by atoms with Gasteiger partial charge in [0.25, 0.3) is 5.91 Å². The molecule has 0 unspecified atom stereocenters. The fourth-order valence-corrected chi connectivity index (χ4v) is 9.77. The maximum Gasteiger partial charge on any atom is 0.253 e. The number of halogens is 1. The lowest BCUT2D eigenvalue weighted by molar-refractivity contribution is -0.122. The topological polar surface area (TPSA) is 127 Å². The van der Waals surface area contributed by atoms with Crippen LogP contribution in [0.5, 0.6) is 0 Å². The van der Waals surface area contributed by atoms with Gasteiger partial charge in [-0.05, 0) is 87.6 Å². The number of primary amides is 1. The molecule has 1 aromatic heterocycles. The summed E-state index contributed by atoms with van der Waals surface area (Å²) in [6.45, 7) is 10.7. The summed E-state index contributed by atoms with van der Waals surface area (Å²) in [5.74, 6) is -1.44. The second-order valence-electron chi connectivity index (χ2n) is 13.2. The highest BCUT2D eigenvalue weighted by molar-refractivity contribution is 7.91. The Morgan fingerprint density at radius 1 is 1.07 bits per heavy atom. The Kier molecular flexibility index (Phi) is 8.96. The number of sulfone groups is 1. The molecule has 1 saturated carbocycles. The Bertz CT molecular complexity index is 1500. The van der Waals surface area contributed by atoms with Gasteiger partial charge in [-0.15, -0.1) is 0 Å². The van der Waals surface area contributed by atoms with Crippen molar-refractivity contribution in [2.24, 2.45) is 11.1 Å². The van der Waals surface area contributed by atoms with Gasteiger partial charge >= 0.3 is 0 Å². The molecule has 0 atom stereocenters. The molecule has 0 radical (unpaired) electrons. The third-order valence-corrected chi connectivity index (χ3v) is 11.6. The number of nitrogens with two attached hydrogens (primary N) is 1. The van der Waals surface area contributed by atoms with Crippen LogP contribution in [0.4, 0.5) is 10.1 Å². The number of hydrogen-bond donors (Lipinski definition) is 3. The van der Waals surface area contributed by atoms with Gasteiger partial charge < -0.3 is 25.8 Å². The van der Waals surface area contributed by atoms with Gasteiger partial charge in [0.15, 0.2) is 9.84 Å². The molecule has 11 heteroatoms. The summed E-state index contributed by atoms with van der Waals surface area (Å²) >= 11 is 0. The number of benzene rings is 1. The number of carbonyl (C=O) groups excluding carboxylic acids is 2. The number of aromatic nitrogens is 1. The van der Waals surface area contributed by atoms with Crippen molar-refractivity contribution in [3.05, 3.63) is 40.5 Å². The van der Waals surface area contributed by atoms with Crippen molar-refractivity contribution >= 4 is 27.3 Å². The fraction of sp³-hybridized carbons (Fsp3) is 0.625. The maximum absolute atomic E-state index is 15.7. The van der Waals surface area contributed by atoms with Crippen molar-refractivity contribution < 1.29 is 22.4 Å². The van der Waals surface area contributed by atoms with Crippen LogP contribution >= 0.6 is 0 Å². The summed E-state index contributed by atoms with van der Waals surface area (Å²) in [7, 11) is -3.49. The van der Waals surface area contributed by atoms with Crippen molar-refractivity contribution in [2.45, 2.75) is 102 Å². The molecule has 236 valence electrons. The van der Waals surface area contributed by atoms with Gasteiger partial charge in [0.1, 0.15) is 5.82 Å². The summed E-state index contributed by atoms with van der Waals surface area (Å²) in [5.41, 5.74) is 8.31. The number of rotatable bonds is 10. The standard InChI is InChI=1S/C32H46FN5O4S/c1-5-37(6-2)15-14-28(39)36-21-12-10-20(11-13-21)35-25-17-22(16-24(33)29(25)31(34)40)38-26-9-7-8-23(26)30-27(38)18-32(3,4)19-43(30,41)42/h16-17,20-21,35H,5-15,18-19H2,1-4H3,(H2,34,40)(H,36,39)/t20-,21-. The van der Waals surface area contributed by atoms with Gasteiger partial charge in [-0.25, -0.2) is 12.8 Å². The lowest BCUT2D eigenvalue weighted by Gasteiger charge is -2.32. The molecule has 5 rings (SSSR count). The maximum atomic E-state index is 15.7. The Labute approximate surface area is 254 Å². The zero-order valence-electron chi connectivity index (χ0n) is 25.9. The molecule has 1 aliphatic heterocycles. The van der Waals surface area contributed by atoms with Crippen LogP contribution in [0.1, 0.15) is 93.5 Å². The number of nitrogens with zero attached hydrogens (tertiary/aromatic N) is 2. The van der Waals surface area contributed by atoms with Crippen LogP contribution in [0.3, 0.4) is 0 Å². The highest BCUT2D eigenvalue weighted by Gasteiger charge is 2.42. The third-order valence-electron chi connectivity index (χ3n) is 9.38. The van der Waals surface area contributed by atoms with Gasteiger partial charge in [0.05, 0.1) is 27.6 Å². The summed E-state index contributed by atoms with van der Waals surface area (Å²) in [6.07, 6.45) is 6.30. The molecule has 3 aliphatic rings. The van der Waals surface area contributed by atoms with E-state index in [1.165, 1.54) is 6.07 Å². The van der Waals surface area contributed by atoms with Crippen molar-refractivity contribution in [1.82, 2.24) is 14.8 Å². The number of hydrogen-bond acceptors (Lipinski definition) is 6. The molecule has 0 saturated heterocycles. The number of amides is 2. The quantitative estimate of drug-likeness (QED) is 0.369. The fourth-order valence-electron chi connectivity index (χ4n) is 7.37. The number of nitrogens with one attached hydrogen (secondary N) is 2. The minimum absolute atomic E-state index is 0.0276. The first kappa shape index (κ1) is 31.5. The van der Waals surface area contributed by atoms with E-state index in [1.54, 1.807) is 6.07 Å². The van der Waals surface area contributed by atoms with E-state index in [2.05, 4.69) is 29.4 Å². The van der Waals surface area contributed by atoms with Crippen molar-refractivity contribution in [1.29, 1.82) is 0 Å². The predicted octanol–water partition coefficient (Wildman–Crippen LogP) is 4.13. The third kappa shape index (κ3) is 6.48. The average Bonchev–Trinajstić information content (AvgIpc) is 3.48. The van der Waals surface area contributed by atoms with E-state index in [-0.39, 0.29) is 29.3 Å². The van der Waals surface area contributed by atoms with Gasteiger partial charge in [0.2, 0.25) is 5.91 Å². The molecule has 2 aromatic rings.